The van der Waals surface area contributed by atoms with Gasteiger partial charge in [0.25, 0.3) is 5.56 Å². The van der Waals surface area contributed by atoms with E-state index in [2.05, 4.69) is 9.97 Å². The molecule has 3 rings (SSSR count). The largest absolute Gasteiger partial charge is 0.485 e. The Hall–Kier alpha value is -3.96. The second kappa shape index (κ2) is 8.19. The lowest BCUT2D eigenvalue weighted by Crippen LogP contribution is -2.41. The Labute approximate surface area is 166 Å². The van der Waals surface area contributed by atoms with Crippen LogP contribution in [0, 0.1) is 0 Å². The molecule has 0 aromatic carbocycles. The second-order valence-electron chi connectivity index (χ2n) is 5.79. The molecule has 0 N–H and O–H groups in total. The van der Waals surface area contributed by atoms with Crippen LogP contribution in [0.15, 0.2) is 52.2 Å². The molecular formula is C18H13F3N4O5. The number of ether oxygens (including phenoxy) is 2. The van der Waals surface area contributed by atoms with Crippen LogP contribution in [0.3, 0.4) is 0 Å². The van der Waals surface area contributed by atoms with Gasteiger partial charge < -0.3 is 9.47 Å². The molecule has 30 heavy (non-hydrogen) atoms. The van der Waals surface area contributed by atoms with Gasteiger partial charge in [0.05, 0.1) is 6.20 Å². The van der Waals surface area contributed by atoms with Crippen molar-refractivity contribution in [1.29, 1.82) is 0 Å². The Morgan fingerprint density at radius 1 is 1.13 bits per heavy atom. The molecule has 156 valence electrons. The molecule has 0 radical (unpaired) electrons. The topological polar surface area (TPSA) is 105 Å². The van der Waals surface area contributed by atoms with Gasteiger partial charge >= 0.3 is 11.9 Å². The van der Waals surface area contributed by atoms with Gasteiger partial charge in [-0.15, -0.1) is 0 Å². The van der Waals surface area contributed by atoms with Crippen molar-refractivity contribution in [3.63, 3.8) is 0 Å². The van der Waals surface area contributed by atoms with Crippen LogP contribution in [0.2, 0.25) is 0 Å². The molecule has 3 aromatic heterocycles. The van der Waals surface area contributed by atoms with Crippen molar-refractivity contribution in [2.24, 2.45) is 7.05 Å². The summed E-state index contributed by atoms with van der Waals surface area (Å²) in [7, 11) is 0.902. The number of rotatable bonds is 6. The first-order chi connectivity index (χ1) is 14.2. The monoisotopic (exact) mass is 422 g/mol. The third-order valence-corrected chi connectivity index (χ3v) is 3.78. The first-order valence-corrected chi connectivity index (χ1v) is 8.29. The van der Waals surface area contributed by atoms with Crippen LogP contribution in [0.4, 0.5) is 13.2 Å². The zero-order chi connectivity index (χ0) is 21.9. The molecule has 0 saturated carbocycles. The third-order valence-electron chi connectivity index (χ3n) is 3.78. The minimum Gasteiger partial charge on any atom is -0.485 e. The number of pyridine rings is 2. The molecule has 0 bridgehead atoms. The molecule has 0 aliphatic heterocycles. The average molecular weight is 422 g/mol. The summed E-state index contributed by atoms with van der Waals surface area (Å²) < 4.78 is 50.2. The average Bonchev–Trinajstić information content (AvgIpc) is 2.70. The molecule has 3 aromatic rings. The Morgan fingerprint density at radius 3 is 2.53 bits per heavy atom. The Bertz CT molecular complexity index is 1190. The van der Waals surface area contributed by atoms with E-state index in [1.165, 1.54) is 36.5 Å². The first-order valence-electron chi connectivity index (χ1n) is 8.29. The lowest BCUT2D eigenvalue weighted by Gasteiger charge is -2.13. The van der Waals surface area contributed by atoms with Gasteiger partial charge in [-0.25, -0.2) is 14.3 Å². The molecule has 0 unspecified atom stereocenters. The molecule has 3 heterocycles. The molecule has 0 fully saturated rings. The summed E-state index contributed by atoms with van der Waals surface area (Å²) in [5.74, 6) is 0.134. The highest BCUT2D eigenvalue weighted by Crippen LogP contribution is 2.27. The van der Waals surface area contributed by atoms with E-state index in [9.17, 15) is 27.6 Å². The fraction of sp³-hybridized carbons (Fsp3) is 0.167. The predicted octanol–water partition coefficient (Wildman–Crippen LogP) is 1.71. The van der Waals surface area contributed by atoms with Crippen molar-refractivity contribution in [2.75, 3.05) is 6.61 Å². The van der Waals surface area contributed by atoms with Crippen LogP contribution in [0.25, 0.3) is 5.82 Å². The van der Waals surface area contributed by atoms with Gasteiger partial charge in [0.15, 0.2) is 6.29 Å². The van der Waals surface area contributed by atoms with Crippen molar-refractivity contribution >= 4 is 6.29 Å². The number of aromatic nitrogens is 4. The maximum atomic E-state index is 13.0. The lowest BCUT2D eigenvalue weighted by molar-refractivity contribution is -0.144. The van der Waals surface area contributed by atoms with Crippen molar-refractivity contribution in [2.45, 2.75) is 6.18 Å². The van der Waals surface area contributed by atoms with Gasteiger partial charge in [-0.05, 0) is 12.1 Å². The van der Waals surface area contributed by atoms with Crippen LogP contribution in [-0.2, 0) is 18.0 Å². The highest BCUT2D eigenvalue weighted by atomic mass is 19.4. The summed E-state index contributed by atoms with van der Waals surface area (Å²) >= 11 is 0. The first kappa shape index (κ1) is 20.8. The zero-order valence-electron chi connectivity index (χ0n) is 15.3. The fourth-order valence-corrected chi connectivity index (χ4v) is 2.44. The Balaban J connectivity index is 1.93. The molecular weight excluding hydrogens is 409 g/mol. The van der Waals surface area contributed by atoms with Gasteiger partial charge in [-0.3, -0.25) is 14.2 Å². The summed E-state index contributed by atoms with van der Waals surface area (Å²) in [5.41, 5.74) is -3.78. The smallest absolute Gasteiger partial charge is 0.431 e. The quantitative estimate of drug-likeness (QED) is 0.557. The molecule has 0 saturated heterocycles. The molecule has 0 amide bonds. The minimum atomic E-state index is -4.86. The van der Waals surface area contributed by atoms with Gasteiger partial charge in [-0.2, -0.15) is 18.2 Å². The van der Waals surface area contributed by atoms with Crippen LogP contribution < -0.4 is 20.7 Å². The number of hydrogen-bond acceptors (Lipinski definition) is 7. The summed E-state index contributed by atoms with van der Waals surface area (Å²) in [6.45, 7) is -0.137. The van der Waals surface area contributed by atoms with Crippen LogP contribution in [0.5, 0.6) is 17.5 Å². The van der Waals surface area contributed by atoms with Crippen molar-refractivity contribution < 1.29 is 27.4 Å². The summed E-state index contributed by atoms with van der Waals surface area (Å²) in [4.78, 5) is 42.8. The number of nitrogens with zero attached hydrogens (tertiary/aromatic N) is 4. The molecule has 0 spiro atoms. The van der Waals surface area contributed by atoms with E-state index >= 15 is 0 Å². The summed E-state index contributed by atoms with van der Waals surface area (Å²) in [6.07, 6.45) is -2.98. The van der Waals surface area contributed by atoms with Gasteiger partial charge in [0.2, 0.25) is 11.8 Å². The molecule has 0 aliphatic rings. The summed E-state index contributed by atoms with van der Waals surface area (Å²) in [6, 6.07) is 7.32. The SMILES string of the molecule is Cn1c(C(F)(F)F)cc(=O)n(-c2cccc(Oc3ccc(OCC=O)cn3)n2)c1=O. The zero-order valence-corrected chi connectivity index (χ0v) is 15.3. The number of alkyl halides is 3. The third kappa shape index (κ3) is 4.37. The number of halogens is 3. The lowest BCUT2D eigenvalue weighted by atomic mass is 10.3. The highest BCUT2D eigenvalue weighted by Gasteiger charge is 2.35. The maximum absolute atomic E-state index is 13.0. The van der Waals surface area contributed by atoms with E-state index in [1.807, 2.05) is 0 Å². The predicted molar refractivity (Wildman–Crippen MR) is 95.9 cm³/mol. The van der Waals surface area contributed by atoms with Gasteiger partial charge in [-0.1, -0.05) is 6.07 Å². The standard InChI is InChI=1S/C18H13F3N4O5/c1-24-12(18(19,20)21)9-16(27)25(17(24)28)13-3-2-4-15(23-13)30-14-6-5-11(10-22-14)29-8-7-26/h2-7,9-10H,8H2,1H3. The van der Waals surface area contributed by atoms with E-state index in [0.29, 0.717) is 27.2 Å². The maximum Gasteiger partial charge on any atom is 0.431 e. The number of hydrogen-bond donors (Lipinski definition) is 0. The van der Waals surface area contributed by atoms with Crippen molar-refractivity contribution in [3.8, 4) is 23.3 Å². The fourth-order valence-electron chi connectivity index (χ4n) is 2.44. The minimum absolute atomic E-state index is 0.0598. The van der Waals surface area contributed by atoms with Gasteiger partial charge in [0.1, 0.15) is 23.9 Å². The van der Waals surface area contributed by atoms with Crippen LogP contribution in [-0.4, -0.2) is 32.0 Å². The highest BCUT2D eigenvalue weighted by molar-refractivity contribution is 5.51. The van der Waals surface area contributed by atoms with E-state index in [1.54, 1.807) is 0 Å². The van der Waals surface area contributed by atoms with E-state index in [-0.39, 0.29) is 24.2 Å². The van der Waals surface area contributed by atoms with E-state index in [4.69, 9.17) is 9.47 Å². The summed E-state index contributed by atoms with van der Waals surface area (Å²) in [5, 5.41) is 0. The number of aldehydes is 1. The molecule has 12 heteroatoms. The van der Waals surface area contributed by atoms with Crippen LogP contribution in [0.1, 0.15) is 5.69 Å². The normalized spacial score (nSPS) is 11.2. The van der Waals surface area contributed by atoms with E-state index < -0.39 is 23.1 Å². The second-order valence-corrected chi connectivity index (χ2v) is 5.79. The molecule has 0 atom stereocenters. The van der Waals surface area contributed by atoms with E-state index in [0.717, 1.165) is 7.05 Å². The van der Waals surface area contributed by atoms with Crippen LogP contribution >= 0.6 is 0 Å². The van der Waals surface area contributed by atoms with Gasteiger partial charge in [0, 0.05) is 25.2 Å². The van der Waals surface area contributed by atoms with Crippen molar-refractivity contribution in [3.05, 3.63) is 69.1 Å². The Kier molecular flexibility index (Phi) is 5.67. The number of carbonyl (C=O) groups excluding carboxylic acids is 1. The molecule has 9 nitrogen and oxygen atoms in total. The van der Waals surface area contributed by atoms with Crippen molar-refractivity contribution in [1.82, 2.24) is 19.1 Å². The molecule has 0 aliphatic carbocycles. The number of carbonyl (C=O) groups is 1. The Morgan fingerprint density at radius 2 is 1.90 bits per heavy atom.